The molecule has 2 aromatic rings. The normalized spacial score (nSPS) is 15.2. The standard InChI is InChI=1S/C26H33Cl2N3O4S/c1-18-12-14-21(15-13-18)31(36(3,34)35)17-25(32)30(16-22-23(27)10-7-11-24(22)28)19(2)26(33)29-20-8-5-4-6-9-20/h7,10-15,19-20H,4-6,8-9,16-17H2,1-3H3,(H,29,33). The first-order valence-electron chi connectivity index (χ1n) is 12.0. The van der Waals surface area contributed by atoms with Crippen molar-refractivity contribution in [3.63, 3.8) is 0 Å². The van der Waals surface area contributed by atoms with Crippen LogP contribution in [-0.2, 0) is 26.2 Å². The Morgan fingerprint density at radius 3 is 2.17 bits per heavy atom. The summed E-state index contributed by atoms with van der Waals surface area (Å²) in [6.07, 6.45) is 6.11. The minimum Gasteiger partial charge on any atom is -0.352 e. The van der Waals surface area contributed by atoms with E-state index in [1.807, 2.05) is 6.92 Å². The quantitative estimate of drug-likeness (QED) is 0.476. The number of hydrogen-bond donors (Lipinski definition) is 1. The number of benzene rings is 2. The molecule has 0 bridgehead atoms. The first-order valence-corrected chi connectivity index (χ1v) is 14.6. The Bertz CT molecular complexity index is 1160. The van der Waals surface area contributed by atoms with Gasteiger partial charge in [0.25, 0.3) is 0 Å². The fourth-order valence-electron chi connectivity index (χ4n) is 4.33. The highest BCUT2D eigenvalue weighted by molar-refractivity contribution is 7.92. The molecule has 0 radical (unpaired) electrons. The van der Waals surface area contributed by atoms with Gasteiger partial charge in [-0.05, 0) is 51.0 Å². The Labute approximate surface area is 223 Å². The third kappa shape index (κ3) is 7.37. The second-order valence-electron chi connectivity index (χ2n) is 9.35. The second kappa shape index (κ2) is 12.3. The van der Waals surface area contributed by atoms with Gasteiger partial charge in [0.1, 0.15) is 12.6 Å². The summed E-state index contributed by atoms with van der Waals surface area (Å²) in [7, 11) is -3.78. The van der Waals surface area contributed by atoms with Crippen LogP contribution in [0.4, 0.5) is 5.69 Å². The largest absolute Gasteiger partial charge is 0.352 e. The molecule has 1 unspecified atom stereocenters. The van der Waals surface area contributed by atoms with E-state index in [-0.39, 0.29) is 18.5 Å². The van der Waals surface area contributed by atoms with Crippen molar-refractivity contribution in [3.8, 4) is 0 Å². The van der Waals surface area contributed by atoms with E-state index in [9.17, 15) is 18.0 Å². The van der Waals surface area contributed by atoms with Crippen LogP contribution in [0.25, 0.3) is 0 Å². The van der Waals surface area contributed by atoms with E-state index in [1.54, 1.807) is 49.4 Å². The molecule has 1 aliphatic carbocycles. The molecule has 1 aliphatic rings. The Morgan fingerprint density at radius 2 is 1.61 bits per heavy atom. The van der Waals surface area contributed by atoms with Gasteiger partial charge in [-0.3, -0.25) is 13.9 Å². The van der Waals surface area contributed by atoms with Crippen molar-refractivity contribution >= 4 is 50.7 Å². The number of carbonyl (C=O) groups is 2. The van der Waals surface area contributed by atoms with E-state index in [0.29, 0.717) is 21.3 Å². The number of nitrogens with zero attached hydrogens (tertiary/aromatic N) is 2. The van der Waals surface area contributed by atoms with Crippen LogP contribution in [0.2, 0.25) is 10.0 Å². The third-order valence-electron chi connectivity index (χ3n) is 6.51. The maximum Gasteiger partial charge on any atom is 0.244 e. The van der Waals surface area contributed by atoms with Gasteiger partial charge in [-0.15, -0.1) is 0 Å². The van der Waals surface area contributed by atoms with Gasteiger partial charge in [0.15, 0.2) is 0 Å². The summed E-state index contributed by atoms with van der Waals surface area (Å²) < 4.78 is 26.3. The molecule has 0 aliphatic heterocycles. The van der Waals surface area contributed by atoms with Crippen molar-refractivity contribution in [1.82, 2.24) is 10.2 Å². The minimum atomic E-state index is -3.78. The highest BCUT2D eigenvalue weighted by Gasteiger charge is 2.32. The number of anilines is 1. The van der Waals surface area contributed by atoms with Gasteiger partial charge in [-0.25, -0.2) is 8.42 Å². The number of sulfonamides is 1. The van der Waals surface area contributed by atoms with Crippen LogP contribution in [0.5, 0.6) is 0 Å². The fourth-order valence-corrected chi connectivity index (χ4v) is 5.70. The lowest BCUT2D eigenvalue weighted by atomic mass is 9.95. The van der Waals surface area contributed by atoms with Crippen molar-refractivity contribution in [2.24, 2.45) is 0 Å². The zero-order valence-electron chi connectivity index (χ0n) is 20.8. The van der Waals surface area contributed by atoms with Gasteiger partial charge in [-0.2, -0.15) is 0 Å². The summed E-state index contributed by atoms with van der Waals surface area (Å²) in [5, 5.41) is 3.78. The summed E-state index contributed by atoms with van der Waals surface area (Å²) in [4.78, 5) is 28.2. The molecule has 3 rings (SSSR count). The molecule has 0 aromatic heterocycles. The van der Waals surface area contributed by atoms with Crippen LogP contribution in [0.3, 0.4) is 0 Å². The molecule has 1 N–H and O–H groups in total. The Morgan fingerprint density at radius 1 is 1.03 bits per heavy atom. The van der Waals surface area contributed by atoms with Crippen molar-refractivity contribution in [2.75, 3.05) is 17.1 Å². The Hall–Kier alpha value is -2.29. The number of hydrogen-bond acceptors (Lipinski definition) is 4. The molecule has 2 aromatic carbocycles. The van der Waals surface area contributed by atoms with Gasteiger partial charge >= 0.3 is 0 Å². The van der Waals surface area contributed by atoms with E-state index in [0.717, 1.165) is 48.2 Å². The molecule has 1 fully saturated rings. The van der Waals surface area contributed by atoms with Crippen molar-refractivity contribution in [3.05, 3.63) is 63.6 Å². The summed E-state index contributed by atoms with van der Waals surface area (Å²) in [5.41, 5.74) is 1.82. The molecule has 1 saturated carbocycles. The molecule has 0 saturated heterocycles. The number of amides is 2. The molecule has 0 heterocycles. The summed E-state index contributed by atoms with van der Waals surface area (Å²) in [6, 6.07) is 11.1. The fraction of sp³-hybridized carbons (Fsp3) is 0.462. The van der Waals surface area contributed by atoms with Gasteiger partial charge in [-0.1, -0.05) is 66.2 Å². The zero-order valence-corrected chi connectivity index (χ0v) is 23.2. The Balaban J connectivity index is 1.91. The van der Waals surface area contributed by atoms with Gasteiger partial charge in [0.05, 0.1) is 11.9 Å². The molecular formula is C26H33Cl2N3O4S. The number of aryl methyl sites for hydroxylation is 1. The minimum absolute atomic E-state index is 0.0396. The van der Waals surface area contributed by atoms with Crippen LogP contribution in [0.15, 0.2) is 42.5 Å². The van der Waals surface area contributed by atoms with Crippen LogP contribution in [-0.4, -0.2) is 50.0 Å². The van der Waals surface area contributed by atoms with Crippen molar-refractivity contribution in [2.45, 2.75) is 64.6 Å². The molecule has 0 spiro atoms. The Kier molecular flexibility index (Phi) is 9.66. The van der Waals surface area contributed by atoms with E-state index >= 15 is 0 Å². The van der Waals surface area contributed by atoms with Gasteiger partial charge in [0, 0.05) is 28.2 Å². The molecule has 2 amide bonds. The maximum absolute atomic E-state index is 13.7. The van der Waals surface area contributed by atoms with E-state index in [2.05, 4.69) is 5.32 Å². The molecule has 1 atom stereocenters. The number of carbonyl (C=O) groups excluding carboxylic acids is 2. The summed E-state index contributed by atoms with van der Waals surface area (Å²) in [5.74, 6) is -0.831. The lowest BCUT2D eigenvalue weighted by Crippen LogP contribution is -2.53. The van der Waals surface area contributed by atoms with Crippen LogP contribution in [0.1, 0.15) is 50.2 Å². The van der Waals surface area contributed by atoms with Crippen LogP contribution in [0, 0.1) is 6.92 Å². The molecule has 10 heteroatoms. The second-order valence-corrected chi connectivity index (χ2v) is 12.1. The predicted octanol–water partition coefficient (Wildman–Crippen LogP) is 4.93. The topological polar surface area (TPSA) is 86.8 Å². The highest BCUT2D eigenvalue weighted by Crippen LogP contribution is 2.27. The molecule has 36 heavy (non-hydrogen) atoms. The highest BCUT2D eigenvalue weighted by atomic mass is 35.5. The number of nitrogens with one attached hydrogen (secondary N) is 1. The summed E-state index contributed by atoms with van der Waals surface area (Å²) in [6.45, 7) is 3.02. The predicted molar refractivity (Wildman–Crippen MR) is 145 cm³/mol. The number of rotatable bonds is 9. The monoisotopic (exact) mass is 553 g/mol. The summed E-state index contributed by atoms with van der Waals surface area (Å²) >= 11 is 12.8. The van der Waals surface area contributed by atoms with E-state index < -0.39 is 28.5 Å². The lowest BCUT2D eigenvalue weighted by molar-refractivity contribution is -0.139. The molecule has 7 nitrogen and oxygen atoms in total. The first kappa shape index (κ1) is 28.3. The lowest BCUT2D eigenvalue weighted by Gasteiger charge is -2.33. The van der Waals surface area contributed by atoms with Crippen molar-refractivity contribution in [1.29, 1.82) is 0 Å². The molecular weight excluding hydrogens is 521 g/mol. The average Bonchev–Trinajstić information content (AvgIpc) is 2.82. The molecule has 196 valence electrons. The van der Waals surface area contributed by atoms with Crippen LogP contribution >= 0.6 is 23.2 Å². The van der Waals surface area contributed by atoms with E-state index in [1.165, 1.54) is 4.90 Å². The van der Waals surface area contributed by atoms with Gasteiger partial charge in [0.2, 0.25) is 21.8 Å². The number of halogens is 2. The maximum atomic E-state index is 13.7. The van der Waals surface area contributed by atoms with Gasteiger partial charge < -0.3 is 10.2 Å². The van der Waals surface area contributed by atoms with Crippen LogP contribution < -0.4 is 9.62 Å². The van der Waals surface area contributed by atoms with E-state index in [4.69, 9.17) is 23.2 Å². The third-order valence-corrected chi connectivity index (χ3v) is 8.36. The average molecular weight is 555 g/mol. The van der Waals surface area contributed by atoms with Crippen molar-refractivity contribution < 1.29 is 18.0 Å². The first-order chi connectivity index (χ1) is 17.0. The smallest absolute Gasteiger partial charge is 0.244 e. The SMILES string of the molecule is Cc1ccc(N(CC(=O)N(Cc2c(Cl)cccc2Cl)C(C)C(=O)NC2CCCCC2)S(C)(=O)=O)cc1. The zero-order chi connectivity index (χ0) is 26.5.